The minimum atomic E-state index is 0.637. The van der Waals surface area contributed by atoms with Crippen LogP contribution in [0.4, 0.5) is 0 Å². The SMILES string of the molecule is Cc1ccc2c(c1)OCc1ccccc1/C2=C/CCN(C)C. The van der Waals surface area contributed by atoms with Gasteiger partial charge in [0.15, 0.2) is 0 Å². The zero-order chi connectivity index (χ0) is 15.5. The third-order valence-electron chi connectivity index (χ3n) is 4.04. The van der Waals surface area contributed by atoms with Crippen LogP contribution in [-0.4, -0.2) is 25.5 Å². The standard InChI is InChI=1S/C20H23NO/c1-15-10-11-19-18(9-6-12-21(2)3)17-8-5-4-7-16(17)14-22-20(19)13-15/h4-5,7-11,13H,6,12,14H2,1-3H3/b18-9-. The van der Waals surface area contributed by atoms with Gasteiger partial charge in [-0.15, -0.1) is 0 Å². The summed E-state index contributed by atoms with van der Waals surface area (Å²) in [6, 6.07) is 15.0. The van der Waals surface area contributed by atoms with Gasteiger partial charge in [-0.25, -0.2) is 0 Å². The van der Waals surface area contributed by atoms with Gasteiger partial charge in [0.25, 0.3) is 0 Å². The molecule has 0 unspecified atom stereocenters. The van der Waals surface area contributed by atoms with Gasteiger partial charge >= 0.3 is 0 Å². The smallest absolute Gasteiger partial charge is 0.127 e. The minimum Gasteiger partial charge on any atom is -0.488 e. The van der Waals surface area contributed by atoms with Crippen molar-refractivity contribution in [2.24, 2.45) is 0 Å². The van der Waals surface area contributed by atoms with Gasteiger partial charge in [-0.05, 0) is 55.8 Å². The third kappa shape index (κ3) is 3.07. The van der Waals surface area contributed by atoms with Gasteiger partial charge in [-0.2, -0.15) is 0 Å². The Labute approximate surface area is 133 Å². The molecular weight excluding hydrogens is 270 g/mol. The number of ether oxygens (including phenoxy) is 1. The first-order chi connectivity index (χ1) is 10.6. The van der Waals surface area contributed by atoms with E-state index in [0.717, 1.165) is 18.7 Å². The molecule has 1 heterocycles. The highest BCUT2D eigenvalue weighted by molar-refractivity contribution is 5.85. The molecule has 0 saturated carbocycles. The molecule has 2 aromatic rings. The van der Waals surface area contributed by atoms with E-state index in [2.05, 4.69) is 74.5 Å². The second-order valence-electron chi connectivity index (χ2n) is 6.16. The monoisotopic (exact) mass is 293 g/mol. The number of rotatable bonds is 3. The van der Waals surface area contributed by atoms with Crippen molar-refractivity contribution in [3.8, 4) is 5.75 Å². The summed E-state index contributed by atoms with van der Waals surface area (Å²) in [5.74, 6) is 0.993. The van der Waals surface area contributed by atoms with Crippen LogP contribution < -0.4 is 4.74 Å². The van der Waals surface area contributed by atoms with Crippen molar-refractivity contribution in [1.82, 2.24) is 4.90 Å². The number of hydrogen-bond acceptors (Lipinski definition) is 2. The first-order valence-corrected chi connectivity index (χ1v) is 7.82. The molecule has 1 aliphatic rings. The Morgan fingerprint density at radius 1 is 1.09 bits per heavy atom. The van der Waals surface area contributed by atoms with E-state index in [1.165, 1.54) is 27.8 Å². The molecule has 0 saturated heterocycles. The molecule has 3 rings (SSSR count). The first kappa shape index (κ1) is 14.9. The molecule has 0 aromatic heterocycles. The lowest BCUT2D eigenvalue weighted by Gasteiger charge is -2.12. The Balaban J connectivity index is 2.08. The van der Waals surface area contributed by atoms with Crippen LogP contribution >= 0.6 is 0 Å². The molecule has 0 bridgehead atoms. The highest BCUT2D eigenvalue weighted by Crippen LogP contribution is 2.37. The van der Waals surface area contributed by atoms with Crippen LogP contribution in [0.2, 0.25) is 0 Å². The number of benzene rings is 2. The van der Waals surface area contributed by atoms with Crippen molar-refractivity contribution in [2.75, 3.05) is 20.6 Å². The molecule has 0 spiro atoms. The molecule has 114 valence electrons. The molecule has 0 atom stereocenters. The van der Waals surface area contributed by atoms with Gasteiger partial charge in [0.1, 0.15) is 12.4 Å². The number of fused-ring (bicyclic) bond motifs is 2. The van der Waals surface area contributed by atoms with Crippen LogP contribution in [0.1, 0.15) is 28.7 Å². The van der Waals surface area contributed by atoms with Gasteiger partial charge in [0.05, 0.1) is 0 Å². The summed E-state index contributed by atoms with van der Waals surface area (Å²) >= 11 is 0. The number of nitrogens with zero attached hydrogens (tertiary/aromatic N) is 1. The van der Waals surface area contributed by atoms with E-state index in [4.69, 9.17) is 4.74 Å². The maximum atomic E-state index is 6.06. The molecule has 0 amide bonds. The normalized spacial score (nSPS) is 15.2. The number of aryl methyl sites for hydroxylation is 1. The molecule has 0 radical (unpaired) electrons. The molecule has 2 aromatic carbocycles. The molecule has 0 N–H and O–H groups in total. The van der Waals surface area contributed by atoms with Crippen LogP contribution in [0.15, 0.2) is 48.5 Å². The predicted octanol–water partition coefficient (Wildman–Crippen LogP) is 4.27. The minimum absolute atomic E-state index is 0.637. The van der Waals surface area contributed by atoms with Crippen molar-refractivity contribution in [3.05, 3.63) is 70.8 Å². The van der Waals surface area contributed by atoms with Crippen molar-refractivity contribution in [2.45, 2.75) is 20.0 Å². The lowest BCUT2D eigenvalue weighted by Crippen LogP contribution is -2.12. The van der Waals surface area contributed by atoms with E-state index in [1.807, 2.05) is 0 Å². The zero-order valence-corrected chi connectivity index (χ0v) is 13.6. The van der Waals surface area contributed by atoms with E-state index in [-0.39, 0.29) is 0 Å². The average molecular weight is 293 g/mol. The Morgan fingerprint density at radius 3 is 2.73 bits per heavy atom. The molecule has 0 fully saturated rings. The first-order valence-electron chi connectivity index (χ1n) is 7.82. The van der Waals surface area contributed by atoms with Gasteiger partial charge in [0, 0.05) is 12.1 Å². The summed E-state index contributed by atoms with van der Waals surface area (Å²) in [6.07, 6.45) is 3.38. The third-order valence-corrected chi connectivity index (χ3v) is 4.04. The lowest BCUT2D eigenvalue weighted by molar-refractivity contribution is 0.307. The molecule has 22 heavy (non-hydrogen) atoms. The highest BCUT2D eigenvalue weighted by atomic mass is 16.5. The second-order valence-corrected chi connectivity index (χ2v) is 6.16. The van der Waals surface area contributed by atoms with Gasteiger partial charge in [0.2, 0.25) is 0 Å². The van der Waals surface area contributed by atoms with Crippen LogP contribution in [0.25, 0.3) is 5.57 Å². The fraction of sp³-hybridized carbons (Fsp3) is 0.300. The molecule has 1 aliphatic heterocycles. The topological polar surface area (TPSA) is 12.5 Å². The Morgan fingerprint density at radius 2 is 1.91 bits per heavy atom. The van der Waals surface area contributed by atoms with Crippen LogP contribution in [0, 0.1) is 6.92 Å². The van der Waals surface area contributed by atoms with Gasteiger partial charge < -0.3 is 9.64 Å². The van der Waals surface area contributed by atoms with Crippen molar-refractivity contribution in [3.63, 3.8) is 0 Å². The summed E-state index contributed by atoms with van der Waals surface area (Å²) in [5.41, 5.74) is 6.29. The fourth-order valence-corrected chi connectivity index (χ4v) is 2.87. The number of hydrogen-bond donors (Lipinski definition) is 0. The molecule has 0 aliphatic carbocycles. The Hall–Kier alpha value is -2.06. The van der Waals surface area contributed by atoms with Crippen LogP contribution in [-0.2, 0) is 6.61 Å². The molecule has 2 heteroatoms. The average Bonchev–Trinajstić information content (AvgIpc) is 2.64. The van der Waals surface area contributed by atoms with E-state index in [9.17, 15) is 0 Å². The van der Waals surface area contributed by atoms with E-state index in [1.54, 1.807) is 0 Å². The Bertz CT molecular complexity index is 701. The second kappa shape index (κ2) is 6.37. The lowest BCUT2D eigenvalue weighted by atomic mass is 9.93. The van der Waals surface area contributed by atoms with Gasteiger partial charge in [-0.1, -0.05) is 42.5 Å². The summed E-state index contributed by atoms with van der Waals surface area (Å²) in [6.45, 7) is 3.79. The van der Waals surface area contributed by atoms with Crippen molar-refractivity contribution >= 4 is 5.57 Å². The maximum absolute atomic E-state index is 6.06. The summed E-state index contributed by atoms with van der Waals surface area (Å²) in [5, 5.41) is 0. The summed E-state index contributed by atoms with van der Waals surface area (Å²) < 4.78 is 6.06. The summed E-state index contributed by atoms with van der Waals surface area (Å²) in [7, 11) is 4.22. The van der Waals surface area contributed by atoms with Crippen LogP contribution in [0.5, 0.6) is 5.75 Å². The highest BCUT2D eigenvalue weighted by Gasteiger charge is 2.18. The fourth-order valence-electron chi connectivity index (χ4n) is 2.87. The van der Waals surface area contributed by atoms with E-state index < -0.39 is 0 Å². The van der Waals surface area contributed by atoms with Crippen LogP contribution in [0.3, 0.4) is 0 Å². The maximum Gasteiger partial charge on any atom is 0.127 e. The van der Waals surface area contributed by atoms with E-state index in [0.29, 0.717) is 6.61 Å². The van der Waals surface area contributed by atoms with E-state index >= 15 is 0 Å². The predicted molar refractivity (Wildman–Crippen MR) is 92.2 cm³/mol. The molecule has 2 nitrogen and oxygen atoms in total. The summed E-state index contributed by atoms with van der Waals surface area (Å²) in [4.78, 5) is 2.21. The van der Waals surface area contributed by atoms with Crippen molar-refractivity contribution in [1.29, 1.82) is 0 Å². The molecular formula is C20H23NO. The quantitative estimate of drug-likeness (QED) is 0.838. The Kier molecular flexibility index (Phi) is 4.30. The van der Waals surface area contributed by atoms with Gasteiger partial charge in [-0.3, -0.25) is 0 Å². The largest absolute Gasteiger partial charge is 0.488 e. The zero-order valence-electron chi connectivity index (χ0n) is 13.6. The van der Waals surface area contributed by atoms with Crippen molar-refractivity contribution < 1.29 is 4.74 Å².